The summed E-state index contributed by atoms with van der Waals surface area (Å²) < 4.78 is 7.23. The zero-order chi connectivity index (χ0) is 17.8. The van der Waals surface area contributed by atoms with Gasteiger partial charge in [0.15, 0.2) is 5.65 Å². The lowest BCUT2D eigenvalue weighted by Gasteiger charge is -2.14. The highest BCUT2D eigenvalue weighted by Gasteiger charge is 2.18. The largest absolute Gasteiger partial charge is 0.392 e. The quantitative estimate of drug-likeness (QED) is 0.748. The highest BCUT2D eigenvalue weighted by molar-refractivity contribution is 5.97. The van der Waals surface area contributed by atoms with Crippen molar-refractivity contribution in [3.8, 4) is 11.1 Å². The number of hydrogen-bond acceptors (Lipinski definition) is 5. The van der Waals surface area contributed by atoms with Crippen molar-refractivity contribution in [1.29, 1.82) is 0 Å². The lowest BCUT2D eigenvalue weighted by molar-refractivity contribution is 0.181. The second-order valence-electron chi connectivity index (χ2n) is 5.81. The Morgan fingerprint density at radius 2 is 2.12 bits per heavy atom. The molecule has 3 aromatic heterocycles. The van der Waals surface area contributed by atoms with E-state index in [2.05, 4.69) is 16.1 Å². The molecule has 0 bridgehead atoms. The average Bonchev–Trinajstić information content (AvgIpc) is 3.02. The SMILES string of the molecule is CCn1ncc2c(-c3cncc(C)c3)c(/C=C/CO)c(COC)nc21. The fraction of sp³-hybridized carbons (Fsp3) is 0.316. The maximum absolute atomic E-state index is 9.24. The van der Waals surface area contributed by atoms with E-state index in [9.17, 15) is 5.11 Å². The number of aliphatic hydroxyl groups excluding tert-OH is 1. The standard InChI is InChI=1S/C19H22N4O2/c1-4-23-19-16(11-21-23)18(14-8-13(2)9-20-10-14)15(6-5-7-24)17(22-19)12-25-3/h5-6,8-11,24H,4,7,12H2,1-3H3/b6-5+. The summed E-state index contributed by atoms with van der Waals surface area (Å²) >= 11 is 0. The molecule has 0 radical (unpaired) electrons. The second kappa shape index (κ2) is 7.55. The number of fused-ring (bicyclic) bond motifs is 1. The van der Waals surface area contributed by atoms with Crippen LogP contribution in [0.1, 0.15) is 23.7 Å². The molecule has 0 saturated carbocycles. The van der Waals surface area contributed by atoms with Gasteiger partial charge in [0.1, 0.15) is 0 Å². The van der Waals surface area contributed by atoms with Gasteiger partial charge in [-0.2, -0.15) is 5.10 Å². The zero-order valence-corrected chi connectivity index (χ0v) is 14.7. The fourth-order valence-corrected chi connectivity index (χ4v) is 2.98. The van der Waals surface area contributed by atoms with Crippen molar-refractivity contribution >= 4 is 17.1 Å². The van der Waals surface area contributed by atoms with Gasteiger partial charge >= 0.3 is 0 Å². The number of ether oxygens (including phenoxy) is 1. The average molecular weight is 338 g/mol. The first-order chi connectivity index (χ1) is 12.2. The van der Waals surface area contributed by atoms with Gasteiger partial charge in [0.2, 0.25) is 0 Å². The summed E-state index contributed by atoms with van der Waals surface area (Å²) in [5, 5.41) is 14.7. The van der Waals surface area contributed by atoms with Crippen molar-refractivity contribution in [2.45, 2.75) is 27.0 Å². The molecule has 0 atom stereocenters. The number of aromatic nitrogens is 4. The van der Waals surface area contributed by atoms with Crippen LogP contribution >= 0.6 is 0 Å². The van der Waals surface area contributed by atoms with Crippen LogP contribution in [0.2, 0.25) is 0 Å². The lowest BCUT2D eigenvalue weighted by atomic mass is 9.96. The van der Waals surface area contributed by atoms with E-state index in [4.69, 9.17) is 9.72 Å². The molecule has 0 aromatic carbocycles. The predicted molar refractivity (Wildman–Crippen MR) is 98.0 cm³/mol. The minimum atomic E-state index is -0.0375. The Morgan fingerprint density at radius 1 is 1.28 bits per heavy atom. The van der Waals surface area contributed by atoms with Gasteiger partial charge in [-0.05, 0) is 25.5 Å². The Kier molecular flexibility index (Phi) is 5.21. The summed E-state index contributed by atoms with van der Waals surface area (Å²) in [6, 6.07) is 2.10. The van der Waals surface area contributed by atoms with Crippen LogP contribution in [0.3, 0.4) is 0 Å². The van der Waals surface area contributed by atoms with Crippen molar-refractivity contribution in [2.24, 2.45) is 0 Å². The highest BCUT2D eigenvalue weighted by atomic mass is 16.5. The summed E-state index contributed by atoms with van der Waals surface area (Å²) in [6.07, 6.45) is 9.12. The lowest BCUT2D eigenvalue weighted by Crippen LogP contribution is -2.04. The number of hydrogen-bond donors (Lipinski definition) is 1. The molecule has 0 fully saturated rings. The number of pyridine rings is 2. The summed E-state index contributed by atoms with van der Waals surface area (Å²) in [7, 11) is 1.65. The number of aliphatic hydroxyl groups is 1. The summed E-state index contributed by atoms with van der Waals surface area (Å²) in [4.78, 5) is 9.12. The molecule has 6 nitrogen and oxygen atoms in total. The molecule has 0 saturated heterocycles. The van der Waals surface area contributed by atoms with Crippen molar-refractivity contribution in [1.82, 2.24) is 19.7 Å². The Balaban J connectivity index is 2.39. The monoisotopic (exact) mass is 338 g/mol. The Labute approximate surface area is 146 Å². The number of methoxy groups -OCH3 is 1. The topological polar surface area (TPSA) is 73.1 Å². The van der Waals surface area contributed by atoms with E-state index in [1.807, 2.05) is 43.2 Å². The molecular formula is C19H22N4O2. The Morgan fingerprint density at radius 3 is 2.80 bits per heavy atom. The van der Waals surface area contributed by atoms with E-state index in [0.29, 0.717) is 6.61 Å². The first-order valence-corrected chi connectivity index (χ1v) is 8.26. The van der Waals surface area contributed by atoms with Gasteiger partial charge in [0.25, 0.3) is 0 Å². The van der Waals surface area contributed by atoms with Crippen molar-refractivity contribution in [3.05, 3.63) is 47.6 Å². The maximum Gasteiger partial charge on any atom is 0.158 e. The van der Waals surface area contributed by atoms with Gasteiger partial charge in [0, 0.05) is 48.1 Å². The molecule has 3 heterocycles. The van der Waals surface area contributed by atoms with Crippen LogP contribution in [-0.4, -0.2) is 38.6 Å². The molecule has 0 aliphatic heterocycles. The molecule has 0 aliphatic carbocycles. The fourth-order valence-electron chi connectivity index (χ4n) is 2.98. The van der Waals surface area contributed by atoms with Crippen LogP contribution in [0, 0.1) is 6.92 Å². The minimum Gasteiger partial charge on any atom is -0.392 e. The van der Waals surface area contributed by atoms with Crippen LogP contribution in [0.4, 0.5) is 0 Å². The maximum atomic E-state index is 9.24. The molecule has 3 rings (SSSR count). The Bertz CT molecular complexity index is 915. The molecule has 25 heavy (non-hydrogen) atoms. The van der Waals surface area contributed by atoms with E-state index in [1.165, 1.54) is 0 Å². The second-order valence-corrected chi connectivity index (χ2v) is 5.81. The van der Waals surface area contributed by atoms with Gasteiger partial charge in [-0.1, -0.05) is 12.2 Å². The molecule has 0 aliphatic rings. The molecular weight excluding hydrogens is 316 g/mol. The van der Waals surface area contributed by atoms with Gasteiger partial charge in [-0.25, -0.2) is 9.67 Å². The van der Waals surface area contributed by atoms with Crippen molar-refractivity contribution in [3.63, 3.8) is 0 Å². The van der Waals surface area contributed by atoms with Crippen molar-refractivity contribution in [2.75, 3.05) is 13.7 Å². The smallest absolute Gasteiger partial charge is 0.158 e. The first-order valence-electron chi connectivity index (χ1n) is 8.26. The first kappa shape index (κ1) is 17.3. The highest BCUT2D eigenvalue weighted by Crippen LogP contribution is 2.34. The number of rotatable bonds is 6. The molecule has 0 spiro atoms. The molecule has 6 heteroatoms. The van der Waals surface area contributed by atoms with E-state index < -0.39 is 0 Å². The van der Waals surface area contributed by atoms with Crippen LogP contribution < -0.4 is 0 Å². The normalized spacial score (nSPS) is 11.7. The molecule has 0 unspecified atom stereocenters. The summed E-state index contributed by atoms with van der Waals surface area (Å²) in [5.74, 6) is 0. The summed E-state index contributed by atoms with van der Waals surface area (Å²) in [6.45, 7) is 5.13. The minimum absolute atomic E-state index is 0.0375. The molecule has 130 valence electrons. The van der Waals surface area contributed by atoms with E-state index in [0.717, 1.165) is 45.5 Å². The van der Waals surface area contributed by atoms with Crippen LogP contribution in [0.15, 0.2) is 30.7 Å². The van der Waals surface area contributed by atoms with Gasteiger partial charge in [0.05, 0.1) is 25.1 Å². The third kappa shape index (κ3) is 3.31. The molecule has 0 amide bonds. The van der Waals surface area contributed by atoms with Gasteiger partial charge < -0.3 is 9.84 Å². The van der Waals surface area contributed by atoms with Crippen LogP contribution in [0.5, 0.6) is 0 Å². The number of aryl methyl sites for hydroxylation is 2. The summed E-state index contributed by atoms with van der Waals surface area (Å²) in [5.41, 5.74) is 5.65. The third-order valence-electron chi connectivity index (χ3n) is 4.04. The Hall–Kier alpha value is -2.57. The van der Waals surface area contributed by atoms with E-state index >= 15 is 0 Å². The van der Waals surface area contributed by atoms with E-state index in [1.54, 1.807) is 13.2 Å². The molecule has 1 N–H and O–H groups in total. The van der Waals surface area contributed by atoms with Gasteiger partial charge in [-0.15, -0.1) is 0 Å². The van der Waals surface area contributed by atoms with Crippen molar-refractivity contribution < 1.29 is 9.84 Å². The zero-order valence-electron chi connectivity index (χ0n) is 14.7. The van der Waals surface area contributed by atoms with Crippen LogP contribution in [-0.2, 0) is 17.9 Å². The molecule has 3 aromatic rings. The third-order valence-corrected chi connectivity index (χ3v) is 4.04. The number of nitrogens with zero attached hydrogens (tertiary/aromatic N) is 4. The van der Waals surface area contributed by atoms with Gasteiger partial charge in [-0.3, -0.25) is 4.98 Å². The van der Waals surface area contributed by atoms with Crippen LogP contribution in [0.25, 0.3) is 28.2 Å². The predicted octanol–water partition coefficient (Wildman–Crippen LogP) is 2.97. The van der Waals surface area contributed by atoms with E-state index in [-0.39, 0.29) is 6.61 Å².